The summed E-state index contributed by atoms with van der Waals surface area (Å²) in [5.74, 6) is 1.05. The smallest absolute Gasteiger partial charge is 0.274 e. The highest BCUT2D eigenvalue weighted by atomic mass is 16.5. The maximum atomic E-state index is 12.3. The average molecular weight is 300 g/mol. The predicted octanol–water partition coefficient (Wildman–Crippen LogP) is 0.238. The first kappa shape index (κ1) is 14.2. The first-order chi connectivity index (χ1) is 10.8. The van der Waals surface area contributed by atoms with E-state index in [0.717, 1.165) is 0 Å². The molecule has 0 spiro atoms. The average Bonchev–Trinajstić information content (AvgIpc) is 2.62. The molecule has 8 heteroatoms. The summed E-state index contributed by atoms with van der Waals surface area (Å²) in [7, 11) is 1.57. The number of aromatic nitrogens is 4. The molecule has 1 amide bonds. The summed E-state index contributed by atoms with van der Waals surface area (Å²) in [5, 5.41) is 0. The molecule has 0 aromatic carbocycles. The lowest BCUT2D eigenvalue weighted by atomic mass is 10.3. The molecule has 0 N–H and O–H groups in total. The van der Waals surface area contributed by atoms with E-state index in [1.54, 1.807) is 30.5 Å². The summed E-state index contributed by atoms with van der Waals surface area (Å²) in [6.45, 7) is 2.52. The molecule has 22 heavy (non-hydrogen) atoms. The molecule has 1 fully saturated rings. The number of carbonyl (C=O) groups excluding carboxylic acids is 1. The number of ether oxygens (including phenoxy) is 1. The quantitative estimate of drug-likeness (QED) is 0.802. The fourth-order valence-electron chi connectivity index (χ4n) is 2.28. The molecular weight excluding hydrogens is 284 g/mol. The van der Waals surface area contributed by atoms with Crippen molar-refractivity contribution in [1.82, 2.24) is 24.8 Å². The second kappa shape index (κ2) is 6.33. The van der Waals surface area contributed by atoms with Gasteiger partial charge in [-0.15, -0.1) is 0 Å². The SMILES string of the molecule is COc1ccnc(N2CCN(C(=O)c3cnccn3)CC2)n1. The van der Waals surface area contributed by atoms with Crippen LogP contribution in [0, 0.1) is 0 Å². The fourth-order valence-corrected chi connectivity index (χ4v) is 2.28. The molecule has 2 aromatic rings. The standard InChI is InChI=1S/C14H16N6O2/c1-22-12-2-3-17-14(18-12)20-8-6-19(7-9-20)13(21)11-10-15-4-5-16-11/h2-5,10H,6-9H2,1H3. The Kier molecular flexibility index (Phi) is 4.08. The molecule has 0 saturated carbocycles. The molecule has 0 aliphatic carbocycles. The lowest BCUT2D eigenvalue weighted by molar-refractivity contribution is 0.0739. The van der Waals surface area contributed by atoms with E-state index in [1.165, 1.54) is 12.4 Å². The van der Waals surface area contributed by atoms with Gasteiger partial charge >= 0.3 is 0 Å². The third-order valence-electron chi connectivity index (χ3n) is 3.46. The van der Waals surface area contributed by atoms with Gasteiger partial charge in [-0.1, -0.05) is 0 Å². The van der Waals surface area contributed by atoms with Gasteiger partial charge in [0.05, 0.1) is 13.3 Å². The monoisotopic (exact) mass is 300 g/mol. The van der Waals surface area contributed by atoms with Crippen molar-refractivity contribution < 1.29 is 9.53 Å². The summed E-state index contributed by atoms with van der Waals surface area (Å²) in [6, 6.07) is 1.71. The molecule has 0 radical (unpaired) electrons. The van der Waals surface area contributed by atoms with Crippen molar-refractivity contribution in [2.24, 2.45) is 0 Å². The van der Waals surface area contributed by atoms with Gasteiger partial charge in [-0.25, -0.2) is 9.97 Å². The molecule has 0 atom stereocenters. The molecule has 3 rings (SSSR count). The molecule has 8 nitrogen and oxygen atoms in total. The summed E-state index contributed by atoms with van der Waals surface area (Å²) < 4.78 is 5.11. The van der Waals surface area contributed by atoms with E-state index in [2.05, 4.69) is 19.9 Å². The number of hydrogen-bond acceptors (Lipinski definition) is 7. The summed E-state index contributed by atoms with van der Waals surface area (Å²) in [5.41, 5.74) is 0.369. The Morgan fingerprint density at radius 1 is 1.14 bits per heavy atom. The molecule has 1 saturated heterocycles. The molecule has 1 aliphatic rings. The minimum absolute atomic E-state index is 0.0979. The van der Waals surface area contributed by atoms with Gasteiger partial charge in [-0.05, 0) is 0 Å². The number of carbonyl (C=O) groups is 1. The number of anilines is 1. The van der Waals surface area contributed by atoms with Crippen LogP contribution in [0.2, 0.25) is 0 Å². The maximum absolute atomic E-state index is 12.3. The number of rotatable bonds is 3. The number of piperazine rings is 1. The highest BCUT2D eigenvalue weighted by Gasteiger charge is 2.24. The van der Waals surface area contributed by atoms with E-state index in [4.69, 9.17) is 4.74 Å². The van der Waals surface area contributed by atoms with E-state index >= 15 is 0 Å². The molecule has 1 aliphatic heterocycles. The maximum Gasteiger partial charge on any atom is 0.274 e. The van der Waals surface area contributed by atoms with Gasteiger partial charge in [0.2, 0.25) is 11.8 Å². The Hall–Kier alpha value is -2.77. The van der Waals surface area contributed by atoms with Crippen molar-refractivity contribution in [2.75, 3.05) is 38.2 Å². The lowest BCUT2D eigenvalue weighted by Crippen LogP contribution is -2.49. The van der Waals surface area contributed by atoms with Crippen LogP contribution in [0.15, 0.2) is 30.9 Å². The van der Waals surface area contributed by atoms with Crippen molar-refractivity contribution in [2.45, 2.75) is 0 Å². The van der Waals surface area contributed by atoms with Crippen molar-refractivity contribution in [3.05, 3.63) is 36.5 Å². The minimum Gasteiger partial charge on any atom is -0.481 e. The van der Waals surface area contributed by atoms with Crippen LogP contribution >= 0.6 is 0 Å². The van der Waals surface area contributed by atoms with Gasteiger partial charge < -0.3 is 14.5 Å². The summed E-state index contributed by atoms with van der Waals surface area (Å²) >= 11 is 0. The zero-order valence-electron chi connectivity index (χ0n) is 12.2. The Bertz CT molecular complexity index is 643. The first-order valence-corrected chi connectivity index (χ1v) is 6.95. The van der Waals surface area contributed by atoms with E-state index in [9.17, 15) is 4.79 Å². The van der Waals surface area contributed by atoms with Gasteiger partial charge in [0.1, 0.15) is 5.69 Å². The van der Waals surface area contributed by atoms with E-state index < -0.39 is 0 Å². The van der Waals surface area contributed by atoms with Crippen LogP contribution in [0.1, 0.15) is 10.5 Å². The lowest BCUT2D eigenvalue weighted by Gasteiger charge is -2.34. The molecular formula is C14H16N6O2. The Morgan fingerprint density at radius 3 is 2.64 bits per heavy atom. The Balaban J connectivity index is 1.64. The molecule has 114 valence electrons. The van der Waals surface area contributed by atoms with Gasteiger partial charge in [0.15, 0.2) is 0 Å². The van der Waals surface area contributed by atoms with Crippen molar-refractivity contribution in [3.8, 4) is 5.88 Å². The number of nitrogens with zero attached hydrogens (tertiary/aromatic N) is 6. The highest BCUT2D eigenvalue weighted by molar-refractivity contribution is 5.92. The van der Waals surface area contributed by atoms with Crippen molar-refractivity contribution in [1.29, 1.82) is 0 Å². The molecule has 0 bridgehead atoms. The largest absolute Gasteiger partial charge is 0.481 e. The van der Waals surface area contributed by atoms with Crippen LogP contribution in [0.3, 0.4) is 0 Å². The van der Waals surface area contributed by atoms with Crippen molar-refractivity contribution >= 4 is 11.9 Å². The van der Waals surface area contributed by atoms with Crippen LogP contribution in [0.5, 0.6) is 5.88 Å². The third kappa shape index (κ3) is 2.95. The number of amides is 1. The van der Waals surface area contributed by atoms with E-state index in [-0.39, 0.29) is 5.91 Å². The molecule has 3 heterocycles. The van der Waals surface area contributed by atoms with Gasteiger partial charge in [0, 0.05) is 50.8 Å². The topological polar surface area (TPSA) is 84.3 Å². The Labute approximate surface area is 127 Å². The summed E-state index contributed by atoms with van der Waals surface area (Å²) in [4.78, 5) is 32.6. The normalized spacial score (nSPS) is 14.8. The van der Waals surface area contributed by atoms with E-state index in [0.29, 0.717) is 43.7 Å². The zero-order valence-corrected chi connectivity index (χ0v) is 12.2. The number of methoxy groups -OCH3 is 1. The number of hydrogen-bond donors (Lipinski definition) is 0. The minimum atomic E-state index is -0.0979. The van der Waals surface area contributed by atoms with Crippen LogP contribution in [0.25, 0.3) is 0 Å². The zero-order chi connectivity index (χ0) is 15.4. The second-order valence-electron chi connectivity index (χ2n) is 4.77. The predicted molar refractivity (Wildman–Crippen MR) is 78.7 cm³/mol. The van der Waals surface area contributed by atoms with Gasteiger partial charge in [-0.3, -0.25) is 9.78 Å². The first-order valence-electron chi connectivity index (χ1n) is 6.95. The van der Waals surface area contributed by atoms with Crippen LogP contribution in [-0.2, 0) is 0 Å². The van der Waals surface area contributed by atoms with E-state index in [1.807, 2.05) is 4.90 Å². The van der Waals surface area contributed by atoms with Crippen LogP contribution < -0.4 is 9.64 Å². The highest BCUT2D eigenvalue weighted by Crippen LogP contribution is 2.15. The third-order valence-corrected chi connectivity index (χ3v) is 3.46. The molecule has 0 unspecified atom stereocenters. The van der Waals surface area contributed by atoms with Crippen LogP contribution in [-0.4, -0.2) is 64.0 Å². The van der Waals surface area contributed by atoms with Crippen molar-refractivity contribution in [3.63, 3.8) is 0 Å². The Morgan fingerprint density at radius 2 is 1.95 bits per heavy atom. The summed E-state index contributed by atoms with van der Waals surface area (Å²) in [6.07, 6.45) is 6.22. The second-order valence-corrected chi connectivity index (χ2v) is 4.77. The fraction of sp³-hybridized carbons (Fsp3) is 0.357. The van der Waals surface area contributed by atoms with Gasteiger partial charge in [-0.2, -0.15) is 4.98 Å². The van der Waals surface area contributed by atoms with Crippen LogP contribution in [0.4, 0.5) is 5.95 Å². The van der Waals surface area contributed by atoms with Gasteiger partial charge in [0.25, 0.3) is 5.91 Å². The molecule has 2 aromatic heterocycles.